The lowest BCUT2D eigenvalue weighted by Gasteiger charge is -2.32. The van der Waals surface area contributed by atoms with Crippen LogP contribution in [-0.4, -0.2) is 50.3 Å². The van der Waals surface area contributed by atoms with Crippen molar-refractivity contribution in [2.45, 2.75) is 24.5 Å². The molecule has 1 atom stereocenters. The highest BCUT2D eigenvalue weighted by Gasteiger charge is 2.37. The Morgan fingerprint density at radius 3 is 2.79 bits per heavy atom. The Hall–Kier alpha value is -0.480. The molecule has 1 N–H and O–H groups in total. The molecular weight excluding hydrogens is 310 g/mol. The maximum Gasteiger partial charge on any atom is 0.244 e. The number of nitrogens with zero attached hydrogens (tertiary/aromatic N) is 1. The molecule has 9 heteroatoms. The van der Waals surface area contributed by atoms with Gasteiger partial charge in [0, 0.05) is 17.5 Å². The van der Waals surface area contributed by atoms with Crippen molar-refractivity contribution >= 4 is 31.2 Å². The van der Waals surface area contributed by atoms with E-state index >= 15 is 0 Å². The van der Waals surface area contributed by atoms with Crippen molar-refractivity contribution in [3.05, 3.63) is 16.3 Å². The first-order valence-electron chi connectivity index (χ1n) is 5.67. The second-order valence-corrected chi connectivity index (χ2v) is 9.53. The largest absolute Gasteiger partial charge is 0.391 e. The molecular formula is C10H15NO5S3. The maximum absolute atomic E-state index is 12.5. The molecule has 1 aliphatic heterocycles. The van der Waals surface area contributed by atoms with Crippen molar-refractivity contribution < 1.29 is 21.9 Å². The molecule has 2 rings (SSSR count). The summed E-state index contributed by atoms with van der Waals surface area (Å²) >= 11 is 1.17. The summed E-state index contributed by atoms with van der Waals surface area (Å²) in [5, 5.41) is 10.8. The molecule has 0 spiro atoms. The molecule has 2 heterocycles. The van der Waals surface area contributed by atoms with Crippen LogP contribution in [0.15, 0.2) is 16.3 Å². The third-order valence-corrected chi connectivity index (χ3v) is 7.97. The van der Waals surface area contributed by atoms with E-state index in [0.29, 0.717) is 4.88 Å². The number of aliphatic hydroxyl groups excluding tert-OH is 1. The Kier molecular flexibility index (Phi) is 4.03. The summed E-state index contributed by atoms with van der Waals surface area (Å²) in [7, 11) is -6.90. The standard InChI is InChI=1S/C10H15NO5S3/c1-8-7-18(13,14)5-3-11(8)19(15,16)10-2-4-17-9(10)6-12/h2,4,8,12H,3,5-7H2,1H3. The second-order valence-electron chi connectivity index (χ2n) is 4.45. The Morgan fingerprint density at radius 2 is 2.21 bits per heavy atom. The first kappa shape index (κ1) is 14.9. The van der Waals surface area contributed by atoms with Crippen molar-refractivity contribution in [1.29, 1.82) is 0 Å². The van der Waals surface area contributed by atoms with Crippen LogP contribution in [0.1, 0.15) is 11.8 Å². The Bertz CT molecular complexity index is 661. The first-order valence-corrected chi connectivity index (χ1v) is 9.81. The number of sulfone groups is 1. The van der Waals surface area contributed by atoms with Crippen LogP contribution in [0.4, 0.5) is 0 Å². The maximum atomic E-state index is 12.5. The summed E-state index contributed by atoms with van der Waals surface area (Å²) in [5.41, 5.74) is 0. The highest BCUT2D eigenvalue weighted by atomic mass is 32.2. The second kappa shape index (κ2) is 5.13. The van der Waals surface area contributed by atoms with Gasteiger partial charge < -0.3 is 5.11 Å². The molecule has 0 aromatic carbocycles. The van der Waals surface area contributed by atoms with E-state index in [0.717, 1.165) is 0 Å². The van der Waals surface area contributed by atoms with Gasteiger partial charge in [0.1, 0.15) is 0 Å². The Balaban J connectivity index is 2.36. The van der Waals surface area contributed by atoms with E-state index in [4.69, 9.17) is 5.11 Å². The van der Waals surface area contributed by atoms with Gasteiger partial charge in [-0.2, -0.15) is 4.31 Å². The topological polar surface area (TPSA) is 91.8 Å². The molecule has 1 aliphatic rings. The molecule has 1 saturated heterocycles. The van der Waals surface area contributed by atoms with Crippen molar-refractivity contribution in [3.63, 3.8) is 0 Å². The molecule has 6 nitrogen and oxygen atoms in total. The van der Waals surface area contributed by atoms with Crippen molar-refractivity contribution in [1.82, 2.24) is 4.31 Å². The minimum absolute atomic E-state index is 0.0352. The van der Waals surface area contributed by atoms with Gasteiger partial charge in [-0.3, -0.25) is 0 Å². The van der Waals surface area contributed by atoms with E-state index < -0.39 is 25.9 Å². The van der Waals surface area contributed by atoms with Gasteiger partial charge in [-0.15, -0.1) is 11.3 Å². The van der Waals surface area contributed by atoms with Crippen molar-refractivity contribution in [2.75, 3.05) is 18.1 Å². The average molecular weight is 325 g/mol. The molecule has 19 heavy (non-hydrogen) atoms. The number of sulfonamides is 1. The number of rotatable bonds is 3. The smallest absolute Gasteiger partial charge is 0.244 e. The fraction of sp³-hybridized carbons (Fsp3) is 0.600. The molecule has 0 bridgehead atoms. The average Bonchev–Trinajstić information content (AvgIpc) is 2.75. The minimum atomic E-state index is -3.74. The Morgan fingerprint density at radius 1 is 1.53 bits per heavy atom. The van der Waals surface area contributed by atoms with Gasteiger partial charge in [-0.25, -0.2) is 16.8 Å². The molecule has 1 fully saturated rings. The lowest BCUT2D eigenvalue weighted by atomic mass is 10.4. The summed E-state index contributed by atoms with van der Waals surface area (Å²) in [4.78, 5) is 0.451. The van der Waals surface area contributed by atoms with E-state index in [1.807, 2.05) is 0 Å². The summed E-state index contributed by atoms with van der Waals surface area (Å²) in [6, 6.07) is 0.858. The zero-order valence-electron chi connectivity index (χ0n) is 10.3. The molecule has 0 radical (unpaired) electrons. The molecule has 108 valence electrons. The van der Waals surface area contributed by atoms with Crippen LogP contribution in [-0.2, 0) is 26.5 Å². The van der Waals surface area contributed by atoms with Gasteiger partial charge in [-0.1, -0.05) is 0 Å². The highest BCUT2D eigenvalue weighted by Crippen LogP contribution is 2.28. The first-order chi connectivity index (χ1) is 8.78. The number of aliphatic hydroxyl groups is 1. The Labute approximate surface area is 116 Å². The highest BCUT2D eigenvalue weighted by molar-refractivity contribution is 7.92. The van der Waals surface area contributed by atoms with Gasteiger partial charge in [0.25, 0.3) is 0 Å². The molecule has 0 saturated carbocycles. The van der Waals surface area contributed by atoms with E-state index in [2.05, 4.69) is 0 Å². The van der Waals surface area contributed by atoms with Crippen LogP contribution in [0.2, 0.25) is 0 Å². The lowest BCUT2D eigenvalue weighted by molar-refractivity contribution is 0.281. The van der Waals surface area contributed by atoms with Gasteiger partial charge in [0.05, 0.1) is 23.0 Å². The minimum Gasteiger partial charge on any atom is -0.391 e. The summed E-state index contributed by atoms with van der Waals surface area (Å²) in [6.07, 6.45) is 0. The van der Waals surface area contributed by atoms with Crippen molar-refractivity contribution in [2.24, 2.45) is 0 Å². The predicted molar refractivity (Wildman–Crippen MR) is 72.2 cm³/mol. The van der Waals surface area contributed by atoms with Gasteiger partial charge in [-0.05, 0) is 18.4 Å². The van der Waals surface area contributed by atoms with Crippen molar-refractivity contribution in [3.8, 4) is 0 Å². The summed E-state index contributed by atoms with van der Waals surface area (Å²) < 4.78 is 49.1. The van der Waals surface area contributed by atoms with Gasteiger partial charge in [0.15, 0.2) is 9.84 Å². The fourth-order valence-electron chi connectivity index (χ4n) is 2.14. The number of hydrogen-bond acceptors (Lipinski definition) is 6. The zero-order chi connectivity index (χ0) is 14.3. The normalized spacial score (nSPS) is 24.4. The molecule has 0 amide bonds. The van der Waals surface area contributed by atoms with Crippen LogP contribution >= 0.6 is 11.3 Å². The van der Waals surface area contributed by atoms with E-state index in [1.165, 1.54) is 21.7 Å². The van der Waals surface area contributed by atoms with Gasteiger partial charge in [0.2, 0.25) is 10.0 Å². The van der Waals surface area contributed by atoms with Crippen LogP contribution in [0.3, 0.4) is 0 Å². The SMILES string of the molecule is CC1CS(=O)(=O)CCN1S(=O)(=O)c1ccsc1CO. The zero-order valence-corrected chi connectivity index (χ0v) is 12.8. The summed E-state index contributed by atoms with van der Waals surface area (Å²) in [5.74, 6) is -0.319. The monoisotopic (exact) mass is 325 g/mol. The molecule has 1 aromatic heterocycles. The van der Waals surface area contributed by atoms with E-state index in [1.54, 1.807) is 12.3 Å². The lowest BCUT2D eigenvalue weighted by Crippen LogP contribution is -2.49. The molecule has 0 aliphatic carbocycles. The predicted octanol–water partition coefficient (Wildman–Crippen LogP) is 0.0480. The third-order valence-electron chi connectivity index (χ3n) is 3.04. The fourth-order valence-corrected chi connectivity index (χ4v) is 6.81. The van der Waals surface area contributed by atoms with Crippen LogP contribution < -0.4 is 0 Å². The summed E-state index contributed by atoms with van der Waals surface area (Å²) in [6.45, 7) is 1.21. The van der Waals surface area contributed by atoms with Crippen LogP contribution in [0.25, 0.3) is 0 Å². The third kappa shape index (κ3) is 2.84. The quantitative estimate of drug-likeness (QED) is 0.848. The number of hydrogen-bond donors (Lipinski definition) is 1. The number of thiophene rings is 1. The molecule has 1 unspecified atom stereocenters. The molecule has 1 aromatic rings. The van der Waals surface area contributed by atoms with Gasteiger partial charge >= 0.3 is 0 Å². The van der Waals surface area contributed by atoms with E-state index in [-0.39, 0.29) is 29.6 Å². The van der Waals surface area contributed by atoms with Crippen LogP contribution in [0.5, 0.6) is 0 Å². The van der Waals surface area contributed by atoms with Crippen LogP contribution in [0, 0.1) is 0 Å². The van der Waals surface area contributed by atoms with E-state index in [9.17, 15) is 16.8 Å².